The fraction of sp³-hybridized carbons (Fsp3) is 0.148. The van der Waals surface area contributed by atoms with Gasteiger partial charge in [-0.1, -0.05) is 66.7 Å². The van der Waals surface area contributed by atoms with Gasteiger partial charge < -0.3 is 19.9 Å². The number of rotatable bonds is 9. The highest BCUT2D eigenvalue weighted by molar-refractivity contribution is 5.85. The van der Waals surface area contributed by atoms with Crippen molar-refractivity contribution in [1.29, 1.82) is 0 Å². The highest BCUT2D eigenvalue weighted by Crippen LogP contribution is 2.39. The molecule has 0 aliphatic carbocycles. The van der Waals surface area contributed by atoms with Crippen LogP contribution in [-0.4, -0.2) is 11.3 Å². The van der Waals surface area contributed by atoms with Gasteiger partial charge in [-0.25, -0.2) is 0 Å². The molecule has 188 valence electrons. The number of nitrogens with zero attached hydrogens (tertiary/aromatic N) is 1. The maximum atomic E-state index is 13.1. The smallest absolute Gasteiger partial charge is 0.473 e. The zero-order chi connectivity index (χ0) is 24.7. The van der Waals surface area contributed by atoms with Crippen molar-refractivity contribution in [2.24, 2.45) is 5.73 Å². The van der Waals surface area contributed by atoms with Crippen LogP contribution in [0.1, 0.15) is 16.7 Å². The van der Waals surface area contributed by atoms with Crippen molar-refractivity contribution in [3.05, 3.63) is 108 Å². The summed E-state index contributed by atoms with van der Waals surface area (Å²) in [6.45, 7) is 0.580. The minimum atomic E-state index is -4.86. The fourth-order valence-corrected chi connectivity index (χ4v) is 3.40. The molecule has 0 bridgehead atoms. The molecule has 1 aromatic heterocycles. The highest BCUT2D eigenvalue weighted by atomic mass is 35.5. The Morgan fingerprint density at radius 1 is 0.694 bits per heavy atom. The third-order valence-corrected chi connectivity index (χ3v) is 5.08. The minimum absolute atomic E-state index is 0. The van der Waals surface area contributed by atoms with Gasteiger partial charge >= 0.3 is 6.36 Å². The van der Waals surface area contributed by atoms with Crippen molar-refractivity contribution < 1.29 is 27.4 Å². The van der Waals surface area contributed by atoms with Gasteiger partial charge in [0.2, 0.25) is 11.8 Å². The number of benzene rings is 3. The van der Waals surface area contributed by atoms with E-state index in [-0.39, 0.29) is 55.2 Å². The number of pyridine rings is 1. The van der Waals surface area contributed by atoms with E-state index in [2.05, 4.69) is 9.72 Å². The van der Waals surface area contributed by atoms with Crippen LogP contribution in [0.2, 0.25) is 0 Å². The van der Waals surface area contributed by atoms with Crippen LogP contribution in [0.15, 0.2) is 91.0 Å². The summed E-state index contributed by atoms with van der Waals surface area (Å²) in [4.78, 5) is 4.46. The topological polar surface area (TPSA) is 66.6 Å². The van der Waals surface area contributed by atoms with E-state index in [1.807, 2.05) is 60.7 Å². The van der Waals surface area contributed by atoms with Crippen molar-refractivity contribution in [1.82, 2.24) is 4.98 Å². The quantitative estimate of drug-likeness (QED) is 0.268. The SMILES string of the molecule is Cl.NCc1ccc(OC(F)(F)F)c(-c2ccc(OCc3ccccc3)nc2OCc2ccccc2)c1. The van der Waals surface area contributed by atoms with Crippen LogP contribution in [0.25, 0.3) is 11.1 Å². The van der Waals surface area contributed by atoms with Gasteiger partial charge in [0.25, 0.3) is 0 Å². The lowest BCUT2D eigenvalue weighted by molar-refractivity contribution is -0.274. The number of alkyl halides is 3. The summed E-state index contributed by atoms with van der Waals surface area (Å²) in [6, 6.07) is 26.4. The molecule has 0 saturated carbocycles. The van der Waals surface area contributed by atoms with Crippen LogP contribution in [0, 0.1) is 0 Å². The lowest BCUT2D eigenvalue weighted by Gasteiger charge is -2.17. The Bertz CT molecular complexity index is 1260. The molecule has 5 nitrogen and oxygen atoms in total. The van der Waals surface area contributed by atoms with Gasteiger partial charge in [0.15, 0.2) is 0 Å². The third-order valence-electron chi connectivity index (χ3n) is 5.08. The van der Waals surface area contributed by atoms with Crippen molar-refractivity contribution in [3.63, 3.8) is 0 Å². The van der Waals surface area contributed by atoms with Gasteiger partial charge in [-0.05, 0) is 34.9 Å². The van der Waals surface area contributed by atoms with E-state index in [4.69, 9.17) is 15.2 Å². The predicted molar refractivity (Wildman–Crippen MR) is 133 cm³/mol. The lowest BCUT2D eigenvalue weighted by atomic mass is 10.0. The summed E-state index contributed by atoms with van der Waals surface area (Å²) >= 11 is 0. The number of nitrogens with two attached hydrogens (primary N) is 1. The van der Waals surface area contributed by atoms with Crippen LogP contribution in [-0.2, 0) is 19.8 Å². The molecular formula is C27H24ClF3N2O3. The van der Waals surface area contributed by atoms with Crippen LogP contribution >= 0.6 is 12.4 Å². The highest BCUT2D eigenvalue weighted by Gasteiger charge is 2.32. The zero-order valence-electron chi connectivity index (χ0n) is 19.1. The van der Waals surface area contributed by atoms with Crippen LogP contribution in [0.5, 0.6) is 17.5 Å². The molecule has 0 aliphatic rings. The Morgan fingerprint density at radius 2 is 1.31 bits per heavy atom. The van der Waals surface area contributed by atoms with Gasteiger partial charge in [-0.3, -0.25) is 0 Å². The van der Waals surface area contributed by atoms with Crippen LogP contribution < -0.4 is 19.9 Å². The first-order valence-corrected chi connectivity index (χ1v) is 10.8. The first kappa shape index (κ1) is 26.8. The molecule has 0 aliphatic heterocycles. The van der Waals surface area contributed by atoms with E-state index in [1.165, 1.54) is 18.2 Å². The van der Waals surface area contributed by atoms with Crippen molar-refractivity contribution >= 4 is 12.4 Å². The van der Waals surface area contributed by atoms with Crippen LogP contribution in [0.4, 0.5) is 13.2 Å². The molecule has 0 unspecified atom stereocenters. The molecule has 0 fully saturated rings. The Hall–Kier alpha value is -3.75. The van der Waals surface area contributed by atoms with Crippen molar-refractivity contribution in [2.45, 2.75) is 26.1 Å². The molecule has 4 aromatic rings. The predicted octanol–water partition coefficient (Wildman–Crippen LogP) is 6.69. The number of halogens is 4. The monoisotopic (exact) mass is 516 g/mol. The summed E-state index contributed by atoms with van der Waals surface area (Å²) in [5.74, 6) is 0.00793. The first-order valence-electron chi connectivity index (χ1n) is 10.8. The maximum absolute atomic E-state index is 13.1. The molecule has 2 N–H and O–H groups in total. The maximum Gasteiger partial charge on any atom is 0.573 e. The summed E-state index contributed by atoms with van der Waals surface area (Å²) < 4.78 is 55.4. The molecule has 0 radical (unpaired) electrons. The lowest BCUT2D eigenvalue weighted by Crippen LogP contribution is -2.18. The molecule has 9 heteroatoms. The zero-order valence-corrected chi connectivity index (χ0v) is 19.9. The normalized spacial score (nSPS) is 10.9. The van der Waals surface area contributed by atoms with Gasteiger partial charge in [0.1, 0.15) is 19.0 Å². The summed E-state index contributed by atoms with van der Waals surface area (Å²) in [7, 11) is 0. The third kappa shape index (κ3) is 7.37. The number of hydrogen-bond acceptors (Lipinski definition) is 5. The van der Waals surface area contributed by atoms with E-state index in [1.54, 1.807) is 12.1 Å². The second kappa shape index (κ2) is 12.3. The minimum Gasteiger partial charge on any atom is -0.473 e. The van der Waals surface area contributed by atoms with Gasteiger partial charge in [-0.15, -0.1) is 25.6 Å². The van der Waals surface area contributed by atoms with E-state index in [0.717, 1.165) is 11.1 Å². The van der Waals surface area contributed by atoms with Crippen molar-refractivity contribution in [2.75, 3.05) is 0 Å². The standard InChI is InChI=1S/C27H23F3N2O3.ClH/c28-27(29,30)35-24-13-11-21(16-31)15-23(24)22-12-14-25(33-17-19-7-3-1-4-8-19)32-26(22)34-18-20-9-5-2-6-10-20;/h1-15H,16-18,31H2;1H. The largest absolute Gasteiger partial charge is 0.573 e. The molecule has 0 amide bonds. The number of ether oxygens (including phenoxy) is 3. The molecule has 3 aromatic carbocycles. The Balaban J connectivity index is 0.00000361. The summed E-state index contributed by atoms with van der Waals surface area (Å²) in [6.07, 6.45) is -4.86. The Labute approximate surface area is 213 Å². The fourth-order valence-electron chi connectivity index (χ4n) is 3.40. The molecule has 0 saturated heterocycles. The van der Waals surface area contributed by atoms with Gasteiger partial charge in [-0.2, -0.15) is 4.98 Å². The summed E-state index contributed by atoms with van der Waals surface area (Å²) in [5.41, 5.74) is 8.67. The van der Waals surface area contributed by atoms with Gasteiger partial charge in [0.05, 0.1) is 0 Å². The van der Waals surface area contributed by atoms with E-state index < -0.39 is 6.36 Å². The second-order valence-corrected chi connectivity index (χ2v) is 7.63. The van der Waals surface area contributed by atoms with E-state index in [0.29, 0.717) is 11.1 Å². The van der Waals surface area contributed by atoms with E-state index in [9.17, 15) is 13.2 Å². The molecule has 0 spiro atoms. The Kier molecular flexibility index (Phi) is 9.16. The Morgan fingerprint density at radius 3 is 1.89 bits per heavy atom. The molecule has 0 atom stereocenters. The number of hydrogen-bond donors (Lipinski definition) is 1. The van der Waals surface area contributed by atoms with Crippen molar-refractivity contribution in [3.8, 4) is 28.6 Å². The van der Waals surface area contributed by atoms with E-state index >= 15 is 0 Å². The average Bonchev–Trinajstić information content (AvgIpc) is 2.87. The molecular weight excluding hydrogens is 493 g/mol. The number of aromatic nitrogens is 1. The average molecular weight is 517 g/mol. The van der Waals surface area contributed by atoms with Crippen LogP contribution in [0.3, 0.4) is 0 Å². The van der Waals surface area contributed by atoms with Gasteiger partial charge in [0, 0.05) is 23.7 Å². The molecule has 1 heterocycles. The molecule has 4 rings (SSSR count). The second-order valence-electron chi connectivity index (χ2n) is 7.63. The first-order chi connectivity index (χ1) is 16.9. The summed E-state index contributed by atoms with van der Waals surface area (Å²) in [5, 5.41) is 0. The molecule has 36 heavy (non-hydrogen) atoms.